The van der Waals surface area contributed by atoms with Gasteiger partial charge in [0.05, 0.1) is 5.92 Å². The molecule has 0 spiro atoms. The first-order chi connectivity index (χ1) is 4.22. The van der Waals surface area contributed by atoms with Crippen molar-refractivity contribution in [2.75, 3.05) is 0 Å². The molecule has 1 unspecified atom stereocenters. The largest absolute Gasteiger partial charge is 0.304 e. The van der Waals surface area contributed by atoms with Gasteiger partial charge in [-0.15, -0.1) is 0 Å². The van der Waals surface area contributed by atoms with E-state index in [-0.39, 0.29) is 5.92 Å². The molecule has 1 aliphatic heterocycles. The molecule has 1 atom stereocenters. The van der Waals surface area contributed by atoms with Crippen LogP contribution in [0.15, 0.2) is 12.2 Å². The van der Waals surface area contributed by atoms with Crippen molar-refractivity contribution in [1.82, 2.24) is 0 Å². The molecule has 1 aliphatic rings. The molecule has 1 heterocycles. The van der Waals surface area contributed by atoms with Gasteiger partial charge in [0, 0.05) is 10.8 Å². The molecule has 0 aromatic carbocycles. The number of hydrogen-bond acceptors (Lipinski definition) is 2. The third-order valence-electron chi connectivity index (χ3n) is 1.24. The predicted octanol–water partition coefficient (Wildman–Crippen LogP) is 0.992. The number of hydrogen-bond donors (Lipinski definition) is 1. The lowest BCUT2D eigenvalue weighted by atomic mass is 10.1. The van der Waals surface area contributed by atoms with Gasteiger partial charge in [0.2, 0.25) is 6.21 Å². The standard InChI is InChI=1S/C6H8NOS/c1-5-3-2-4-7(8)6(5)9/h2-5,8H,1H3/q+1. The van der Waals surface area contributed by atoms with Gasteiger partial charge in [-0.1, -0.05) is 6.08 Å². The lowest BCUT2D eigenvalue weighted by Gasteiger charge is -2.01. The summed E-state index contributed by atoms with van der Waals surface area (Å²) in [7, 11) is 0. The number of allylic oxidation sites excluding steroid dienone is 1. The fourth-order valence-corrected chi connectivity index (χ4v) is 0.802. The normalized spacial score (nSPS) is 26.1. The van der Waals surface area contributed by atoms with E-state index in [1.54, 1.807) is 6.08 Å². The average Bonchev–Trinajstić information content (AvgIpc) is 1.83. The Hall–Kier alpha value is -0.700. The monoisotopic (exact) mass is 142 g/mol. The Morgan fingerprint density at radius 2 is 2.44 bits per heavy atom. The van der Waals surface area contributed by atoms with Crippen molar-refractivity contribution in [2.45, 2.75) is 6.92 Å². The number of thiocarbonyl (C=S) groups is 1. The molecule has 0 radical (unpaired) electrons. The molecule has 0 bridgehead atoms. The molecule has 1 N–H and O–H groups in total. The smallest absolute Gasteiger partial charge is 0.284 e. The van der Waals surface area contributed by atoms with Crippen molar-refractivity contribution in [1.29, 1.82) is 0 Å². The van der Waals surface area contributed by atoms with Crippen molar-refractivity contribution in [3.63, 3.8) is 0 Å². The van der Waals surface area contributed by atoms with Crippen LogP contribution < -0.4 is 0 Å². The molecule has 0 saturated heterocycles. The fraction of sp³-hybridized carbons (Fsp3) is 0.333. The van der Waals surface area contributed by atoms with Crippen LogP contribution in [0.2, 0.25) is 0 Å². The molecular formula is C6H8NOS+. The second-order valence-corrected chi connectivity index (χ2v) is 2.42. The number of nitrogens with zero attached hydrogens (tertiary/aromatic N) is 1. The Bertz CT molecular complexity index is 195. The highest BCUT2D eigenvalue weighted by Crippen LogP contribution is 2.03. The summed E-state index contributed by atoms with van der Waals surface area (Å²) in [6.07, 6.45) is 5.25. The lowest BCUT2D eigenvalue weighted by molar-refractivity contribution is -0.685. The van der Waals surface area contributed by atoms with Gasteiger partial charge in [-0.25, -0.2) is 0 Å². The summed E-state index contributed by atoms with van der Waals surface area (Å²) in [5.41, 5.74) is 0. The Morgan fingerprint density at radius 3 is 2.89 bits per heavy atom. The van der Waals surface area contributed by atoms with E-state index in [1.165, 1.54) is 6.21 Å². The summed E-state index contributed by atoms with van der Waals surface area (Å²) in [6.45, 7) is 1.94. The summed E-state index contributed by atoms with van der Waals surface area (Å²) in [6, 6.07) is 0. The van der Waals surface area contributed by atoms with E-state index >= 15 is 0 Å². The van der Waals surface area contributed by atoms with Crippen LogP contribution in [0, 0.1) is 5.92 Å². The Balaban J connectivity index is 2.86. The average molecular weight is 142 g/mol. The number of rotatable bonds is 0. The van der Waals surface area contributed by atoms with Crippen LogP contribution in [0.4, 0.5) is 0 Å². The highest BCUT2D eigenvalue weighted by Gasteiger charge is 2.20. The molecule has 9 heavy (non-hydrogen) atoms. The molecule has 3 heteroatoms. The van der Waals surface area contributed by atoms with Gasteiger partial charge in [0.25, 0.3) is 0 Å². The summed E-state index contributed by atoms with van der Waals surface area (Å²) >= 11 is 4.84. The Labute approximate surface area is 59.1 Å². The van der Waals surface area contributed by atoms with Crippen molar-refractivity contribution < 1.29 is 9.95 Å². The zero-order chi connectivity index (χ0) is 6.85. The van der Waals surface area contributed by atoms with Crippen LogP contribution in [0.25, 0.3) is 0 Å². The maximum absolute atomic E-state index is 8.93. The Kier molecular flexibility index (Phi) is 1.62. The van der Waals surface area contributed by atoms with Crippen LogP contribution in [-0.4, -0.2) is 21.1 Å². The van der Waals surface area contributed by atoms with Crippen molar-refractivity contribution in [2.24, 2.45) is 5.92 Å². The van der Waals surface area contributed by atoms with Crippen LogP contribution in [0.3, 0.4) is 0 Å². The van der Waals surface area contributed by atoms with Crippen molar-refractivity contribution >= 4 is 23.4 Å². The van der Waals surface area contributed by atoms with Gasteiger partial charge in [-0.3, -0.25) is 5.21 Å². The molecule has 2 nitrogen and oxygen atoms in total. The van der Waals surface area contributed by atoms with Gasteiger partial charge in [-0.05, 0) is 19.1 Å². The van der Waals surface area contributed by atoms with Crippen LogP contribution >= 0.6 is 12.2 Å². The third-order valence-corrected chi connectivity index (χ3v) is 1.80. The minimum Gasteiger partial charge on any atom is -0.284 e. The van der Waals surface area contributed by atoms with E-state index in [2.05, 4.69) is 0 Å². The lowest BCUT2D eigenvalue weighted by Crippen LogP contribution is -2.24. The third kappa shape index (κ3) is 1.16. The van der Waals surface area contributed by atoms with Crippen LogP contribution in [-0.2, 0) is 0 Å². The fourth-order valence-electron chi connectivity index (χ4n) is 0.662. The SMILES string of the molecule is CC1C=CC=[N+](O)C1=S. The molecule has 0 fully saturated rings. The Morgan fingerprint density at radius 1 is 1.78 bits per heavy atom. The second kappa shape index (κ2) is 2.27. The highest BCUT2D eigenvalue weighted by atomic mass is 32.1. The van der Waals surface area contributed by atoms with E-state index in [9.17, 15) is 0 Å². The molecule has 0 amide bonds. The number of hydroxylamine groups is 1. The quantitative estimate of drug-likeness (QED) is 0.310. The molecular weight excluding hydrogens is 134 g/mol. The first-order valence-electron chi connectivity index (χ1n) is 2.75. The van der Waals surface area contributed by atoms with E-state index in [0.29, 0.717) is 4.99 Å². The van der Waals surface area contributed by atoms with E-state index in [1.807, 2.05) is 13.0 Å². The first kappa shape index (κ1) is 6.42. The van der Waals surface area contributed by atoms with Gasteiger partial charge in [0.1, 0.15) is 0 Å². The summed E-state index contributed by atoms with van der Waals surface area (Å²) in [5, 5.41) is 8.93. The summed E-state index contributed by atoms with van der Waals surface area (Å²) in [5.74, 6) is 0.176. The molecule has 0 aromatic rings. The molecule has 0 aliphatic carbocycles. The van der Waals surface area contributed by atoms with E-state index in [0.717, 1.165) is 4.74 Å². The van der Waals surface area contributed by atoms with Crippen LogP contribution in [0.1, 0.15) is 6.92 Å². The van der Waals surface area contributed by atoms with E-state index in [4.69, 9.17) is 17.4 Å². The molecule has 48 valence electrons. The maximum atomic E-state index is 8.93. The second-order valence-electron chi connectivity index (χ2n) is 2.01. The van der Waals surface area contributed by atoms with E-state index < -0.39 is 0 Å². The summed E-state index contributed by atoms with van der Waals surface area (Å²) in [4.78, 5) is 0.553. The zero-order valence-electron chi connectivity index (χ0n) is 5.11. The molecule has 0 saturated carbocycles. The van der Waals surface area contributed by atoms with Crippen LogP contribution in [0.5, 0.6) is 0 Å². The minimum absolute atomic E-state index is 0.176. The summed E-state index contributed by atoms with van der Waals surface area (Å²) < 4.78 is 0.972. The van der Waals surface area contributed by atoms with Gasteiger partial charge >= 0.3 is 4.99 Å². The first-order valence-corrected chi connectivity index (χ1v) is 3.16. The van der Waals surface area contributed by atoms with Crippen molar-refractivity contribution in [3.8, 4) is 0 Å². The van der Waals surface area contributed by atoms with Crippen molar-refractivity contribution in [3.05, 3.63) is 12.2 Å². The zero-order valence-corrected chi connectivity index (χ0v) is 5.93. The molecule has 0 aromatic heterocycles. The topological polar surface area (TPSA) is 23.2 Å². The minimum atomic E-state index is 0.176. The molecule has 1 rings (SSSR count). The predicted molar refractivity (Wildman–Crippen MR) is 39.0 cm³/mol. The van der Waals surface area contributed by atoms with Gasteiger partial charge in [0.15, 0.2) is 0 Å². The van der Waals surface area contributed by atoms with Gasteiger partial charge < -0.3 is 0 Å². The van der Waals surface area contributed by atoms with Gasteiger partial charge in [-0.2, -0.15) is 0 Å². The highest BCUT2D eigenvalue weighted by molar-refractivity contribution is 7.80. The maximum Gasteiger partial charge on any atom is 0.304 e.